The third kappa shape index (κ3) is 3.86. The van der Waals surface area contributed by atoms with Crippen molar-refractivity contribution in [2.45, 2.75) is 116 Å². The van der Waals surface area contributed by atoms with Crippen LogP contribution in [0, 0.1) is 58.2 Å². The molecule has 7 nitrogen and oxygen atoms in total. The van der Waals surface area contributed by atoms with Gasteiger partial charge >= 0.3 is 0 Å². The first-order valence-corrected chi connectivity index (χ1v) is 14.4. The van der Waals surface area contributed by atoms with E-state index in [1.54, 1.807) is 0 Å². The fourth-order valence-corrected chi connectivity index (χ4v) is 10.1. The Bertz CT molecular complexity index is 847. The zero-order valence-electron chi connectivity index (χ0n) is 22.6. The Morgan fingerprint density at radius 3 is 2.22 bits per heavy atom. The van der Waals surface area contributed by atoms with Gasteiger partial charge in [-0.1, -0.05) is 34.6 Å². The van der Waals surface area contributed by atoms with Crippen LogP contribution in [0.3, 0.4) is 0 Å². The van der Waals surface area contributed by atoms with Gasteiger partial charge in [0.15, 0.2) is 6.29 Å². The van der Waals surface area contributed by atoms with E-state index in [0.717, 1.165) is 19.3 Å². The second kappa shape index (κ2) is 9.27. The lowest BCUT2D eigenvalue weighted by atomic mass is 9.42. The molecule has 5 rings (SSSR count). The van der Waals surface area contributed by atoms with E-state index in [1.807, 2.05) is 0 Å². The molecule has 206 valence electrons. The Morgan fingerprint density at radius 1 is 0.889 bits per heavy atom. The Hall–Kier alpha value is -0.570. The van der Waals surface area contributed by atoms with Crippen molar-refractivity contribution in [3.63, 3.8) is 0 Å². The van der Waals surface area contributed by atoms with E-state index < -0.39 is 42.0 Å². The second-order valence-corrected chi connectivity index (χ2v) is 14.1. The monoisotopic (exact) mass is 508 g/mol. The van der Waals surface area contributed by atoms with Gasteiger partial charge in [0.1, 0.15) is 5.78 Å². The Kier molecular flexibility index (Phi) is 6.96. The van der Waals surface area contributed by atoms with Crippen molar-refractivity contribution in [3.8, 4) is 0 Å². The van der Waals surface area contributed by atoms with Crippen molar-refractivity contribution in [2.24, 2.45) is 58.2 Å². The highest BCUT2D eigenvalue weighted by Gasteiger charge is 2.69. The first-order chi connectivity index (χ1) is 16.8. The molecule has 0 aromatic rings. The summed E-state index contributed by atoms with van der Waals surface area (Å²) >= 11 is 0. The summed E-state index contributed by atoms with van der Waals surface area (Å²) in [5, 5.41) is 54.3. The van der Waals surface area contributed by atoms with Crippen LogP contribution in [-0.4, -0.2) is 68.1 Å². The fraction of sp³-hybridized carbons (Fsp3) is 0.966. The van der Waals surface area contributed by atoms with Crippen LogP contribution in [0.2, 0.25) is 0 Å². The van der Waals surface area contributed by atoms with Gasteiger partial charge in [-0.15, -0.1) is 0 Å². The van der Waals surface area contributed by atoms with Crippen molar-refractivity contribution in [1.82, 2.24) is 0 Å². The second-order valence-electron chi connectivity index (χ2n) is 14.1. The van der Waals surface area contributed by atoms with Crippen LogP contribution in [-0.2, 0) is 9.53 Å². The smallest absolute Gasteiger partial charge is 0.155 e. The van der Waals surface area contributed by atoms with Crippen molar-refractivity contribution >= 4 is 5.78 Å². The number of carbonyl (C=O) groups is 1. The molecule has 0 aromatic carbocycles. The largest absolute Gasteiger partial charge is 0.390 e. The number of hydrogen-bond donors (Lipinski definition) is 5. The number of aliphatic hydroxyl groups is 5. The number of ketones is 1. The van der Waals surface area contributed by atoms with Crippen molar-refractivity contribution in [1.29, 1.82) is 0 Å². The molecule has 5 N–H and O–H groups in total. The zero-order valence-corrected chi connectivity index (χ0v) is 22.6. The standard InChI is InChI=1S/C29H48O7/c1-13(2)15-10-20(36-21(32)11-15)14(3)17-12-19(31)23-22-16(6-8-29(17,23)5)28(4)9-7-18(30)25(33)24(28)27(35)26(22)34/h13-18,20-27,30,32-35H,6-12H2,1-5H3/t14-,15?,16-,17+,18+,20?,21?,22+,23+,24+,25-,26+,27+,28+,29+/m0/s1. The summed E-state index contributed by atoms with van der Waals surface area (Å²) in [6.45, 7) is 10.8. The molecule has 0 spiro atoms. The molecule has 3 unspecified atom stereocenters. The molecule has 7 heteroatoms. The molecule has 1 heterocycles. The van der Waals surface area contributed by atoms with Crippen LogP contribution in [0.4, 0.5) is 0 Å². The molecule has 4 saturated carbocycles. The van der Waals surface area contributed by atoms with E-state index in [1.165, 1.54) is 0 Å². The number of hydrogen-bond acceptors (Lipinski definition) is 7. The highest BCUT2D eigenvalue weighted by molar-refractivity contribution is 5.85. The van der Waals surface area contributed by atoms with E-state index in [2.05, 4.69) is 34.6 Å². The SMILES string of the molecule is CC(C)C1CC(O)OC([C@@H](C)[C@H]2CC(=O)[C@@H]3[C@@H]4[C@@H](O)[C@H](O)[C@H]5[C@@H](O)[C@H](O)CC[C@]5(C)[C@H]4CC[C@]23C)C1. The number of carbonyl (C=O) groups excluding carboxylic acids is 1. The lowest BCUT2D eigenvalue weighted by Gasteiger charge is -2.64. The minimum atomic E-state index is -1.17. The Labute approximate surface area is 215 Å². The summed E-state index contributed by atoms with van der Waals surface area (Å²) < 4.78 is 6.06. The molecule has 1 saturated heterocycles. The molecular formula is C29H48O7. The highest BCUT2D eigenvalue weighted by atomic mass is 16.6. The van der Waals surface area contributed by atoms with Gasteiger partial charge < -0.3 is 30.3 Å². The first kappa shape index (κ1) is 27.0. The molecule has 36 heavy (non-hydrogen) atoms. The van der Waals surface area contributed by atoms with Crippen molar-refractivity contribution < 1.29 is 35.1 Å². The molecule has 5 fully saturated rings. The van der Waals surface area contributed by atoms with Gasteiger partial charge in [-0.2, -0.15) is 0 Å². The fourth-order valence-electron chi connectivity index (χ4n) is 10.1. The van der Waals surface area contributed by atoms with E-state index in [4.69, 9.17) is 4.74 Å². The number of Topliss-reactive ketones (excluding diaryl/α,β-unsaturated/α-hetero) is 1. The minimum absolute atomic E-state index is 0.0113. The summed E-state index contributed by atoms with van der Waals surface area (Å²) in [6.07, 6.45) is -0.315. The molecular weight excluding hydrogens is 460 g/mol. The van der Waals surface area contributed by atoms with Crippen LogP contribution in [0.25, 0.3) is 0 Å². The molecule has 0 radical (unpaired) electrons. The average Bonchev–Trinajstić information content (AvgIpc) is 3.09. The molecule has 5 aliphatic rings. The van der Waals surface area contributed by atoms with E-state index in [-0.39, 0.29) is 46.9 Å². The van der Waals surface area contributed by atoms with Crippen LogP contribution < -0.4 is 0 Å². The van der Waals surface area contributed by atoms with Crippen molar-refractivity contribution in [2.75, 3.05) is 0 Å². The van der Waals surface area contributed by atoms with Gasteiger partial charge in [0.25, 0.3) is 0 Å². The van der Waals surface area contributed by atoms with E-state index in [9.17, 15) is 30.3 Å². The van der Waals surface area contributed by atoms with Gasteiger partial charge in [-0.25, -0.2) is 0 Å². The third-order valence-electron chi connectivity index (χ3n) is 12.2. The quantitative estimate of drug-likeness (QED) is 0.396. The predicted molar refractivity (Wildman–Crippen MR) is 133 cm³/mol. The Balaban J connectivity index is 1.44. The number of fused-ring (bicyclic) bond motifs is 5. The van der Waals surface area contributed by atoms with Crippen LogP contribution in [0.1, 0.15) is 79.6 Å². The Morgan fingerprint density at radius 2 is 1.56 bits per heavy atom. The highest BCUT2D eigenvalue weighted by Crippen LogP contribution is 2.67. The van der Waals surface area contributed by atoms with Crippen LogP contribution >= 0.6 is 0 Å². The first-order valence-electron chi connectivity index (χ1n) is 14.4. The maximum atomic E-state index is 13.8. The summed E-state index contributed by atoms with van der Waals surface area (Å²) in [5.41, 5.74) is -0.748. The van der Waals surface area contributed by atoms with Gasteiger partial charge in [0.2, 0.25) is 0 Å². The number of rotatable bonds is 3. The predicted octanol–water partition coefficient (Wildman–Crippen LogP) is 2.50. The van der Waals surface area contributed by atoms with E-state index in [0.29, 0.717) is 37.5 Å². The molecule has 0 bridgehead atoms. The van der Waals surface area contributed by atoms with Gasteiger partial charge in [0.05, 0.1) is 30.5 Å². The molecule has 1 aliphatic heterocycles. The molecule has 0 amide bonds. The van der Waals surface area contributed by atoms with Crippen LogP contribution in [0.15, 0.2) is 0 Å². The average molecular weight is 509 g/mol. The van der Waals surface area contributed by atoms with Crippen molar-refractivity contribution in [3.05, 3.63) is 0 Å². The molecule has 4 aliphatic carbocycles. The van der Waals surface area contributed by atoms with Gasteiger partial charge in [0, 0.05) is 30.6 Å². The summed E-state index contributed by atoms with van der Waals surface area (Å²) in [7, 11) is 0. The maximum Gasteiger partial charge on any atom is 0.155 e. The number of aliphatic hydroxyl groups excluding tert-OH is 5. The summed E-state index contributed by atoms with van der Waals surface area (Å²) in [4.78, 5) is 13.8. The third-order valence-corrected chi connectivity index (χ3v) is 12.2. The zero-order chi connectivity index (χ0) is 26.3. The maximum absolute atomic E-state index is 13.8. The number of ether oxygens (including phenoxy) is 1. The summed E-state index contributed by atoms with van der Waals surface area (Å²) in [5.74, 6) is -0.0824. The molecule has 0 aromatic heterocycles. The lowest BCUT2D eigenvalue weighted by Crippen LogP contribution is -2.68. The summed E-state index contributed by atoms with van der Waals surface area (Å²) in [6, 6.07) is 0. The topological polar surface area (TPSA) is 127 Å². The van der Waals surface area contributed by atoms with Crippen LogP contribution in [0.5, 0.6) is 0 Å². The van der Waals surface area contributed by atoms with Gasteiger partial charge in [-0.05, 0) is 72.5 Å². The van der Waals surface area contributed by atoms with Gasteiger partial charge in [-0.3, -0.25) is 4.79 Å². The minimum Gasteiger partial charge on any atom is -0.390 e. The normalized spacial score (nSPS) is 56.1. The molecule has 15 atom stereocenters. The van der Waals surface area contributed by atoms with E-state index >= 15 is 0 Å². The lowest BCUT2D eigenvalue weighted by molar-refractivity contribution is -0.251.